The largest absolute Gasteiger partial charge is 0.493 e. The van der Waals surface area contributed by atoms with E-state index in [1.807, 2.05) is 13.8 Å². The molecule has 0 aliphatic heterocycles. The predicted octanol–water partition coefficient (Wildman–Crippen LogP) is 3.56. The van der Waals surface area contributed by atoms with Gasteiger partial charge in [0.1, 0.15) is 10.6 Å². The minimum atomic E-state index is -3.95. The van der Waals surface area contributed by atoms with Gasteiger partial charge in [-0.05, 0) is 56.7 Å². The third-order valence-corrected chi connectivity index (χ3v) is 4.30. The Morgan fingerprint density at radius 3 is 2.17 bits per heavy atom. The monoisotopic (exact) mass is 336 g/mol. The number of ether oxygens (including phenoxy) is 2. The van der Waals surface area contributed by atoms with Crippen LogP contribution in [0.15, 0.2) is 47.4 Å². The van der Waals surface area contributed by atoms with Crippen molar-refractivity contribution >= 4 is 10.1 Å². The first-order chi connectivity index (χ1) is 10.8. The first-order valence-corrected chi connectivity index (χ1v) is 8.59. The Morgan fingerprint density at radius 1 is 0.957 bits per heavy atom. The van der Waals surface area contributed by atoms with Crippen molar-refractivity contribution < 1.29 is 22.1 Å². The molecule has 0 aromatic heterocycles. The zero-order valence-corrected chi connectivity index (χ0v) is 14.4. The Morgan fingerprint density at radius 2 is 1.61 bits per heavy atom. The van der Waals surface area contributed by atoms with Gasteiger partial charge in [-0.1, -0.05) is 12.1 Å². The Labute approximate surface area is 136 Å². The van der Waals surface area contributed by atoms with Crippen molar-refractivity contribution in [1.29, 1.82) is 0 Å². The average molecular weight is 336 g/mol. The van der Waals surface area contributed by atoms with E-state index in [0.717, 1.165) is 5.56 Å². The molecule has 0 unspecified atom stereocenters. The van der Waals surface area contributed by atoms with Crippen LogP contribution in [0.4, 0.5) is 0 Å². The summed E-state index contributed by atoms with van der Waals surface area (Å²) < 4.78 is 40.8. The second-order valence-electron chi connectivity index (χ2n) is 5.28. The van der Waals surface area contributed by atoms with Crippen molar-refractivity contribution in [2.24, 2.45) is 0 Å². The predicted molar refractivity (Wildman–Crippen MR) is 87.8 cm³/mol. The molecule has 0 heterocycles. The smallest absolute Gasteiger partial charge is 0.339 e. The lowest BCUT2D eigenvalue weighted by Gasteiger charge is -2.14. The third kappa shape index (κ3) is 4.16. The van der Waals surface area contributed by atoms with Crippen molar-refractivity contribution in [3.8, 4) is 17.2 Å². The molecule has 2 aromatic carbocycles. The molecule has 124 valence electrons. The standard InChI is InChI=1S/C17H20O5S/c1-12(2)21-15-10-9-14(11-13(15)3)23(18,19)22-17-8-6-5-7-16(17)20-4/h5-12H,1-4H3. The van der Waals surface area contributed by atoms with E-state index in [-0.39, 0.29) is 16.7 Å². The Kier molecular flexibility index (Phi) is 5.15. The topological polar surface area (TPSA) is 61.8 Å². The minimum Gasteiger partial charge on any atom is -0.493 e. The molecule has 0 fully saturated rings. The molecule has 2 aromatic rings. The molecule has 0 N–H and O–H groups in total. The van der Waals surface area contributed by atoms with Gasteiger partial charge in [-0.15, -0.1) is 0 Å². The second-order valence-corrected chi connectivity index (χ2v) is 6.83. The fourth-order valence-corrected chi connectivity index (χ4v) is 3.04. The summed E-state index contributed by atoms with van der Waals surface area (Å²) in [4.78, 5) is 0.0667. The van der Waals surface area contributed by atoms with Gasteiger partial charge < -0.3 is 13.7 Å². The van der Waals surface area contributed by atoms with E-state index in [4.69, 9.17) is 13.7 Å². The number of benzene rings is 2. The van der Waals surface area contributed by atoms with E-state index >= 15 is 0 Å². The van der Waals surface area contributed by atoms with Gasteiger partial charge in [0.25, 0.3) is 0 Å². The molecule has 0 saturated heterocycles. The quantitative estimate of drug-likeness (QED) is 0.755. The van der Waals surface area contributed by atoms with Crippen LogP contribution in [0.25, 0.3) is 0 Å². The summed E-state index contributed by atoms with van der Waals surface area (Å²) >= 11 is 0. The zero-order chi connectivity index (χ0) is 17.0. The lowest BCUT2D eigenvalue weighted by molar-refractivity contribution is 0.240. The summed E-state index contributed by atoms with van der Waals surface area (Å²) in [7, 11) is -2.49. The van der Waals surface area contributed by atoms with Crippen LogP contribution in [0.2, 0.25) is 0 Å². The van der Waals surface area contributed by atoms with Gasteiger partial charge in [0.05, 0.1) is 13.2 Å². The van der Waals surface area contributed by atoms with Crippen LogP contribution in [0, 0.1) is 6.92 Å². The summed E-state index contributed by atoms with van der Waals surface area (Å²) in [6, 6.07) is 11.2. The van der Waals surface area contributed by atoms with Crippen molar-refractivity contribution in [2.45, 2.75) is 31.8 Å². The molecule has 6 heteroatoms. The van der Waals surface area contributed by atoms with E-state index in [0.29, 0.717) is 11.5 Å². The molecule has 0 aliphatic rings. The summed E-state index contributed by atoms with van der Waals surface area (Å²) in [5, 5.41) is 0. The fraction of sp³-hybridized carbons (Fsp3) is 0.294. The highest BCUT2D eigenvalue weighted by Gasteiger charge is 2.20. The molecule has 0 amide bonds. The van der Waals surface area contributed by atoms with Gasteiger partial charge in [-0.25, -0.2) is 0 Å². The number of rotatable bonds is 6. The van der Waals surface area contributed by atoms with E-state index in [2.05, 4.69) is 0 Å². The Hall–Kier alpha value is -2.21. The molecule has 0 atom stereocenters. The maximum Gasteiger partial charge on any atom is 0.339 e. The normalized spacial score (nSPS) is 11.3. The van der Waals surface area contributed by atoms with Gasteiger partial charge in [0.2, 0.25) is 0 Å². The van der Waals surface area contributed by atoms with Gasteiger partial charge >= 0.3 is 10.1 Å². The van der Waals surface area contributed by atoms with Crippen molar-refractivity contribution in [2.75, 3.05) is 7.11 Å². The lowest BCUT2D eigenvalue weighted by Crippen LogP contribution is -2.11. The third-order valence-electron chi connectivity index (χ3n) is 3.07. The first kappa shape index (κ1) is 17.1. The summed E-state index contributed by atoms with van der Waals surface area (Å²) in [5.41, 5.74) is 0.725. The van der Waals surface area contributed by atoms with Crippen LogP contribution in [0.5, 0.6) is 17.2 Å². The van der Waals surface area contributed by atoms with Crippen LogP contribution >= 0.6 is 0 Å². The summed E-state index contributed by atoms with van der Waals surface area (Å²) in [6.07, 6.45) is 0.0148. The Bertz CT molecular complexity index is 781. The van der Waals surface area contributed by atoms with Crippen LogP contribution in [0.3, 0.4) is 0 Å². The zero-order valence-electron chi connectivity index (χ0n) is 13.6. The molecule has 0 saturated carbocycles. The van der Waals surface area contributed by atoms with Gasteiger partial charge in [0.15, 0.2) is 11.5 Å². The fourth-order valence-electron chi connectivity index (χ4n) is 2.02. The van der Waals surface area contributed by atoms with Crippen LogP contribution in [-0.4, -0.2) is 21.6 Å². The SMILES string of the molecule is COc1ccccc1OS(=O)(=O)c1ccc(OC(C)C)c(C)c1. The number of hydrogen-bond donors (Lipinski definition) is 0. The van der Waals surface area contributed by atoms with Gasteiger partial charge in [-0.2, -0.15) is 8.42 Å². The minimum absolute atomic E-state index is 0.0148. The summed E-state index contributed by atoms with van der Waals surface area (Å²) in [6.45, 7) is 5.61. The maximum atomic E-state index is 12.4. The summed E-state index contributed by atoms with van der Waals surface area (Å²) in [5.74, 6) is 1.15. The van der Waals surface area contributed by atoms with Crippen molar-refractivity contribution in [3.05, 3.63) is 48.0 Å². The highest BCUT2D eigenvalue weighted by atomic mass is 32.2. The molecule has 5 nitrogen and oxygen atoms in total. The molecule has 23 heavy (non-hydrogen) atoms. The lowest BCUT2D eigenvalue weighted by atomic mass is 10.2. The molecule has 0 bridgehead atoms. The first-order valence-electron chi connectivity index (χ1n) is 7.18. The molecular weight excluding hydrogens is 316 g/mol. The van der Waals surface area contributed by atoms with Crippen molar-refractivity contribution in [1.82, 2.24) is 0 Å². The highest BCUT2D eigenvalue weighted by Crippen LogP contribution is 2.30. The van der Waals surface area contributed by atoms with Gasteiger partial charge in [-0.3, -0.25) is 0 Å². The van der Waals surface area contributed by atoms with Gasteiger partial charge in [0, 0.05) is 0 Å². The molecule has 0 aliphatic carbocycles. The molecule has 0 spiro atoms. The Balaban J connectivity index is 2.31. The molecular formula is C17H20O5S. The van der Waals surface area contributed by atoms with Crippen LogP contribution in [-0.2, 0) is 10.1 Å². The van der Waals surface area contributed by atoms with E-state index in [1.165, 1.54) is 19.2 Å². The number of para-hydroxylation sites is 2. The highest BCUT2D eigenvalue weighted by molar-refractivity contribution is 7.87. The van der Waals surface area contributed by atoms with E-state index in [1.54, 1.807) is 37.3 Å². The van der Waals surface area contributed by atoms with Crippen molar-refractivity contribution in [3.63, 3.8) is 0 Å². The molecule has 2 rings (SSSR count). The number of aryl methyl sites for hydroxylation is 1. The van der Waals surface area contributed by atoms with E-state index in [9.17, 15) is 8.42 Å². The average Bonchev–Trinajstić information content (AvgIpc) is 2.49. The van der Waals surface area contributed by atoms with E-state index < -0.39 is 10.1 Å². The second kappa shape index (κ2) is 6.91. The van der Waals surface area contributed by atoms with Crippen LogP contribution in [0.1, 0.15) is 19.4 Å². The van der Waals surface area contributed by atoms with Crippen LogP contribution < -0.4 is 13.7 Å². The number of methoxy groups -OCH3 is 1. The maximum absolute atomic E-state index is 12.4. The molecule has 0 radical (unpaired) electrons. The number of hydrogen-bond acceptors (Lipinski definition) is 5.